The third kappa shape index (κ3) is 16.9. The van der Waals surface area contributed by atoms with E-state index in [9.17, 15) is 9.46 Å². The summed E-state index contributed by atoms with van der Waals surface area (Å²) in [6.07, 6.45) is 21.4. The molecule has 2 rings (SSSR count). The SMILES string of the molecule is [CH2+]COP(=O)([O-])OCCCCCCCCCCCCCCCCCCc1ccc(B2OCC(C)(C)CO2)cc1. The van der Waals surface area contributed by atoms with Gasteiger partial charge in [-0.15, -0.1) is 0 Å². The summed E-state index contributed by atoms with van der Waals surface area (Å²) in [4.78, 5) is 11.2. The van der Waals surface area contributed by atoms with E-state index in [1.807, 2.05) is 0 Å². The second-order valence-corrected chi connectivity index (χ2v) is 13.3. The van der Waals surface area contributed by atoms with Crippen molar-refractivity contribution >= 4 is 20.4 Å². The highest BCUT2D eigenvalue weighted by Gasteiger charge is 2.33. The predicted molar refractivity (Wildman–Crippen MR) is 160 cm³/mol. The second-order valence-electron chi connectivity index (χ2n) is 11.9. The maximum atomic E-state index is 11.2. The van der Waals surface area contributed by atoms with Crippen LogP contribution in [0, 0.1) is 12.3 Å². The molecule has 1 unspecified atom stereocenters. The lowest BCUT2D eigenvalue weighted by Crippen LogP contribution is -2.47. The van der Waals surface area contributed by atoms with Gasteiger partial charge in [0.05, 0.1) is 13.5 Å². The Kier molecular flexibility index (Phi) is 17.7. The molecular formula is C31H54BO6P. The third-order valence-corrected chi connectivity index (χ3v) is 8.36. The van der Waals surface area contributed by atoms with Crippen molar-refractivity contribution in [2.24, 2.45) is 5.41 Å². The Morgan fingerprint density at radius 1 is 0.769 bits per heavy atom. The summed E-state index contributed by atoms with van der Waals surface area (Å²) in [5, 5.41) is 0. The van der Waals surface area contributed by atoms with Crippen molar-refractivity contribution in [1.82, 2.24) is 0 Å². The number of phosphoric ester groups is 1. The van der Waals surface area contributed by atoms with E-state index in [0.29, 0.717) is 0 Å². The van der Waals surface area contributed by atoms with E-state index >= 15 is 0 Å². The minimum absolute atomic E-state index is 0.108. The summed E-state index contributed by atoms with van der Waals surface area (Å²) in [6.45, 7) is 9.26. The molecular weight excluding hydrogens is 510 g/mol. The fourth-order valence-corrected chi connectivity index (χ4v) is 5.61. The van der Waals surface area contributed by atoms with Crippen LogP contribution in [0.3, 0.4) is 0 Å². The summed E-state index contributed by atoms with van der Waals surface area (Å²) < 4.78 is 32.2. The van der Waals surface area contributed by atoms with Crippen LogP contribution >= 0.6 is 7.82 Å². The van der Waals surface area contributed by atoms with Gasteiger partial charge in [-0.3, -0.25) is 9.09 Å². The normalized spacial score (nSPS) is 16.8. The van der Waals surface area contributed by atoms with Crippen molar-refractivity contribution in [2.75, 3.05) is 26.4 Å². The van der Waals surface area contributed by atoms with Gasteiger partial charge in [-0.1, -0.05) is 128 Å². The monoisotopic (exact) mass is 564 g/mol. The van der Waals surface area contributed by atoms with Gasteiger partial charge >= 0.3 is 7.12 Å². The molecule has 1 saturated heterocycles. The number of benzene rings is 1. The lowest BCUT2D eigenvalue weighted by atomic mass is 9.75. The molecule has 0 spiro atoms. The van der Waals surface area contributed by atoms with E-state index in [1.165, 1.54) is 89.0 Å². The molecule has 0 bridgehead atoms. The first kappa shape index (κ1) is 34.4. The molecule has 8 heteroatoms. The predicted octanol–water partition coefficient (Wildman–Crippen LogP) is 7.57. The molecule has 39 heavy (non-hydrogen) atoms. The van der Waals surface area contributed by atoms with Crippen LogP contribution in [-0.4, -0.2) is 33.5 Å². The summed E-state index contributed by atoms with van der Waals surface area (Å²) in [5.74, 6) is 0. The molecule has 1 aromatic rings. The van der Waals surface area contributed by atoms with Crippen LogP contribution in [0.2, 0.25) is 0 Å². The molecule has 0 aliphatic carbocycles. The van der Waals surface area contributed by atoms with Crippen molar-refractivity contribution in [3.8, 4) is 0 Å². The van der Waals surface area contributed by atoms with Crippen LogP contribution < -0.4 is 10.4 Å². The summed E-state index contributed by atoms with van der Waals surface area (Å²) in [6, 6.07) is 8.80. The van der Waals surface area contributed by atoms with Gasteiger partial charge in [0, 0.05) is 18.6 Å². The van der Waals surface area contributed by atoms with Crippen molar-refractivity contribution < 1.29 is 27.8 Å². The molecule has 1 atom stereocenters. The van der Waals surface area contributed by atoms with Crippen LogP contribution in [0.4, 0.5) is 0 Å². The Balaban J connectivity index is 1.30. The van der Waals surface area contributed by atoms with Gasteiger partial charge in [-0.25, -0.2) is 0 Å². The van der Waals surface area contributed by atoms with Crippen molar-refractivity contribution in [3.05, 3.63) is 36.8 Å². The number of rotatable bonds is 23. The van der Waals surface area contributed by atoms with Gasteiger partial charge < -0.3 is 18.7 Å². The van der Waals surface area contributed by atoms with Crippen LogP contribution in [0.1, 0.15) is 122 Å². The standard InChI is InChI=1S/C31H54BO6P/c1-4-37-39(33,34)38-26-20-18-16-14-12-10-8-6-5-7-9-11-13-15-17-19-21-29-22-24-30(25-23-29)32-35-27-31(2,3)28-36-32/h22-25H,1,4-21,26-28H2,2-3H3. The first-order chi connectivity index (χ1) is 18.8. The van der Waals surface area contributed by atoms with Crippen molar-refractivity contribution in [2.45, 2.75) is 123 Å². The second kappa shape index (κ2) is 20.1. The van der Waals surface area contributed by atoms with Crippen LogP contribution in [-0.2, 0) is 29.3 Å². The maximum absolute atomic E-state index is 11.2. The molecule has 1 aliphatic rings. The van der Waals surface area contributed by atoms with E-state index in [1.54, 1.807) is 0 Å². The Labute approximate surface area is 239 Å². The molecule has 222 valence electrons. The highest BCUT2D eigenvalue weighted by atomic mass is 31.2. The molecule has 0 aromatic heterocycles. The third-order valence-electron chi connectivity index (χ3n) is 7.36. The zero-order valence-electron chi connectivity index (χ0n) is 24.8. The van der Waals surface area contributed by atoms with Gasteiger partial charge in [-0.2, -0.15) is 0 Å². The number of hydrogen-bond acceptors (Lipinski definition) is 6. The number of phosphoric acid groups is 1. The van der Waals surface area contributed by atoms with Gasteiger partial charge in [0.25, 0.3) is 7.82 Å². The highest BCUT2D eigenvalue weighted by molar-refractivity contribution is 7.45. The summed E-state index contributed by atoms with van der Waals surface area (Å²) in [7, 11) is -4.33. The molecule has 0 amide bonds. The number of unbranched alkanes of at least 4 members (excludes halogenated alkanes) is 15. The largest absolute Gasteiger partial charge is 0.756 e. The van der Waals surface area contributed by atoms with Gasteiger partial charge in [-0.05, 0) is 30.3 Å². The zero-order chi connectivity index (χ0) is 28.2. The van der Waals surface area contributed by atoms with Crippen LogP contribution in [0.15, 0.2) is 24.3 Å². The molecule has 1 aromatic carbocycles. The molecule has 1 aliphatic heterocycles. The van der Waals surface area contributed by atoms with Crippen LogP contribution in [0.5, 0.6) is 0 Å². The van der Waals surface area contributed by atoms with E-state index in [4.69, 9.17) is 13.8 Å². The molecule has 1 fully saturated rings. The van der Waals surface area contributed by atoms with Gasteiger partial charge in [0.2, 0.25) is 0 Å². The molecule has 0 N–H and O–H groups in total. The van der Waals surface area contributed by atoms with E-state index in [-0.39, 0.29) is 25.7 Å². The molecule has 0 radical (unpaired) electrons. The first-order valence-corrected chi connectivity index (χ1v) is 17.0. The minimum atomic E-state index is -4.12. The maximum Gasteiger partial charge on any atom is 0.493 e. The average Bonchev–Trinajstić information content (AvgIpc) is 2.90. The minimum Gasteiger partial charge on any atom is -0.756 e. The van der Waals surface area contributed by atoms with Gasteiger partial charge in [0.15, 0.2) is 6.61 Å². The summed E-state index contributed by atoms with van der Waals surface area (Å²) >= 11 is 0. The van der Waals surface area contributed by atoms with Crippen molar-refractivity contribution in [1.29, 1.82) is 0 Å². The van der Waals surface area contributed by atoms with Gasteiger partial charge in [0.1, 0.15) is 0 Å². The lowest BCUT2D eigenvalue weighted by Gasteiger charge is -2.33. The quantitative estimate of drug-likeness (QED) is 0.0591. The van der Waals surface area contributed by atoms with E-state index in [2.05, 4.69) is 49.6 Å². The first-order valence-electron chi connectivity index (χ1n) is 15.5. The molecule has 0 saturated carbocycles. The molecule has 1 heterocycles. The average molecular weight is 565 g/mol. The Bertz CT molecular complexity index is 778. The van der Waals surface area contributed by atoms with E-state index in [0.717, 1.165) is 44.4 Å². The fourth-order valence-electron chi connectivity index (χ4n) is 4.96. The highest BCUT2D eigenvalue weighted by Crippen LogP contribution is 2.38. The fraction of sp³-hybridized carbons (Fsp3) is 0.774. The Morgan fingerprint density at radius 2 is 1.21 bits per heavy atom. The topological polar surface area (TPSA) is 77.1 Å². The number of hydrogen-bond donors (Lipinski definition) is 0. The zero-order valence-corrected chi connectivity index (χ0v) is 25.7. The van der Waals surface area contributed by atoms with E-state index < -0.39 is 7.82 Å². The Hall–Kier alpha value is -0.815. The van der Waals surface area contributed by atoms with Crippen molar-refractivity contribution in [3.63, 3.8) is 0 Å². The number of aryl methyl sites for hydroxylation is 1. The molecule has 6 nitrogen and oxygen atoms in total. The van der Waals surface area contributed by atoms with Crippen LogP contribution in [0.25, 0.3) is 0 Å². The summed E-state index contributed by atoms with van der Waals surface area (Å²) in [5.41, 5.74) is 2.65. The lowest BCUT2D eigenvalue weighted by molar-refractivity contribution is -0.224. The smallest absolute Gasteiger partial charge is 0.493 e. The Morgan fingerprint density at radius 3 is 1.67 bits per heavy atom.